The number of carboxylic acid groups (broad SMARTS) is 1. The van der Waals surface area contributed by atoms with Gasteiger partial charge in [-0.05, 0) is 42.5 Å². The smallest absolute Gasteiger partial charge is 0.322 e. The monoisotopic (exact) mass is 735 g/mol. The van der Waals surface area contributed by atoms with Crippen LogP contribution in [0.2, 0.25) is 0 Å². The molecule has 0 bridgehead atoms. The number of sulfone groups is 2. The van der Waals surface area contributed by atoms with Crippen molar-refractivity contribution in [3.05, 3.63) is 54.6 Å². The lowest BCUT2D eigenvalue weighted by molar-refractivity contribution is -0.134. The number of aromatic hydroxyl groups is 2. The molecule has 17 nitrogen and oxygen atoms in total. The van der Waals surface area contributed by atoms with Crippen molar-refractivity contribution in [1.29, 1.82) is 0 Å². The molecule has 20 heteroatoms. The minimum absolute atomic E-state index is 0.0841. The Balaban J connectivity index is 1.84. The molecule has 49 heavy (non-hydrogen) atoms. The number of nitrogens with one attached hydrogen (secondary N) is 1. The van der Waals surface area contributed by atoms with Gasteiger partial charge in [0.2, 0.25) is 0 Å². The first kappa shape index (κ1) is 36.7. The van der Waals surface area contributed by atoms with E-state index >= 15 is 0 Å². The number of fused-ring (bicyclic) bond motifs is 1. The highest BCUT2D eigenvalue weighted by molar-refractivity contribution is 7.91. The molecular weight excluding hydrogens is 707 g/mol. The molecule has 260 valence electrons. The van der Waals surface area contributed by atoms with Gasteiger partial charge < -0.3 is 25.4 Å². The Bertz CT molecular complexity index is 2360. The highest BCUT2D eigenvalue weighted by Crippen LogP contribution is 2.44. The molecule has 0 heterocycles. The first-order valence-electron chi connectivity index (χ1n) is 14.0. The van der Waals surface area contributed by atoms with Gasteiger partial charge >= 0.3 is 5.97 Å². The van der Waals surface area contributed by atoms with Gasteiger partial charge in [0.05, 0.1) is 29.2 Å². The number of carboxylic acids is 1. The Morgan fingerprint density at radius 3 is 1.98 bits per heavy atom. The van der Waals surface area contributed by atoms with Gasteiger partial charge in [-0.25, -0.2) is 16.8 Å². The molecule has 0 atom stereocenters. The van der Waals surface area contributed by atoms with E-state index in [0.29, 0.717) is 0 Å². The predicted molar refractivity (Wildman–Crippen MR) is 176 cm³/mol. The summed E-state index contributed by atoms with van der Waals surface area (Å²) in [6.45, 7) is 2.21. The molecule has 0 unspecified atom stereocenters. The number of methoxy groups -OCH3 is 1. The number of azo groups is 2. The van der Waals surface area contributed by atoms with Crippen LogP contribution in [-0.2, 0) is 34.6 Å². The summed E-state index contributed by atoms with van der Waals surface area (Å²) < 4.78 is 88.6. The molecule has 5 N–H and O–H groups in total. The zero-order valence-corrected chi connectivity index (χ0v) is 28.3. The molecule has 0 amide bonds. The van der Waals surface area contributed by atoms with Crippen LogP contribution < -0.4 is 10.1 Å². The number of carbonyl (C=O) groups is 1. The summed E-state index contributed by atoms with van der Waals surface area (Å²) >= 11 is 0. The maximum atomic E-state index is 12.4. The van der Waals surface area contributed by atoms with Gasteiger partial charge in [-0.15, -0.1) is 20.5 Å². The molecule has 0 saturated carbocycles. The van der Waals surface area contributed by atoms with Gasteiger partial charge in [-0.1, -0.05) is 13.8 Å². The standard InChI is InChI=1S/C29H29N5O12S3/c1-4-47(39,40)16-6-9-19(25(12-16)49(43,44)45)31-34-28-17-7-11-21(29(38)18(17)8-10-20(28)30-15-27(36)37)32-33-22-13-24(46-3)26(14-23(22)35)48(41,42)5-2/h6-14,30,35,38H,4-5,15H2,1-3H3,(H,36,37)(H,43,44,45)/b33-32+,34-31+. The van der Waals surface area contributed by atoms with E-state index in [0.717, 1.165) is 30.3 Å². The average Bonchev–Trinajstić information content (AvgIpc) is 3.05. The largest absolute Gasteiger partial charge is 0.506 e. The lowest BCUT2D eigenvalue weighted by Crippen LogP contribution is -2.12. The summed E-state index contributed by atoms with van der Waals surface area (Å²) in [6, 6.07) is 10.4. The van der Waals surface area contributed by atoms with Gasteiger partial charge in [0.15, 0.2) is 25.4 Å². The van der Waals surface area contributed by atoms with Crippen LogP contribution in [0.5, 0.6) is 17.2 Å². The molecule has 4 aromatic carbocycles. The summed E-state index contributed by atoms with van der Waals surface area (Å²) in [7, 11) is -11.4. The van der Waals surface area contributed by atoms with E-state index in [1.807, 2.05) is 0 Å². The van der Waals surface area contributed by atoms with Gasteiger partial charge in [0.1, 0.15) is 50.6 Å². The Morgan fingerprint density at radius 2 is 1.37 bits per heavy atom. The van der Waals surface area contributed by atoms with E-state index in [1.165, 1.54) is 45.2 Å². The van der Waals surface area contributed by atoms with Gasteiger partial charge in [0, 0.05) is 22.9 Å². The fraction of sp³-hybridized carbons (Fsp3) is 0.207. The third kappa shape index (κ3) is 7.94. The second kappa shape index (κ2) is 14.1. The highest BCUT2D eigenvalue weighted by Gasteiger charge is 2.23. The lowest BCUT2D eigenvalue weighted by Gasteiger charge is -2.12. The molecule has 4 rings (SSSR count). The number of hydrogen-bond donors (Lipinski definition) is 5. The van der Waals surface area contributed by atoms with Crippen LogP contribution in [0.1, 0.15) is 13.8 Å². The zero-order chi connectivity index (χ0) is 36.3. The molecule has 0 saturated heterocycles. The van der Waals surface area contributed by atoms with Crippen molar-refractivity contribution < 1.29 is 54.7 Å². The summed E-state index contributed by atoms with van der Waals surface area (Å²) in [5, 5.41) is 49.5. The molecule has 0 aromatic heterocycles. The molecular formula is C29H29N5O12S3. The van der Waals surface area contributed by atoms with Crippen molar-refractivity contribution in [2.75, 3.05) is 30.5 Å². The number of phenolic OH excluding ortho intramolecular Hbond substituents is 2. The quantitative estimate of drug-likeness (QED) is 0.0848. The van der Waals surface area contributed by atoms with Crippen LogP contribution in [0.4, 0.5) is 28.4 Å². The van der Waals surface area contributed by atoms with Crippen molar-refractivity contribution in [1.82, 2.24) is 0 Å². The van der Waals surface area contributed by atoms with E-state index < -0.39 is 64.4 Å². The first-order chi connectivity index (χ1) is 22.9. The molecule has 0 aliphatic carbocycles. The number of benzene rings is 4. The normalized spacial score (nSPS) is 12.6. The van der Waals surface area contributed by atoms with Crippen LogP contribution in [-0.4, -0.2) is 76.3 Å². The second-order valence-corrected chi connectivity index (χ2v) is 16.0. The van der Waals surface area contributed by atoms with Crippen molar-refractivity contribution in [3.8, 4) is 17.2 Å². The summed E-state index contributed by atoms with van der Waals surface area (Å²) in [5.41, 5.74) is -0.737. The van der Waals surface area contributed by atoms with Crippen LogP contribution >= 0.6 is 0 Å². The number of aliphatic carboxylic acids is 1. The van der Waals surface area contributed by atoms with Crippen LogP contribution in [0, 0.1) is 0 Å². The number of ether oxygens (including phenoxy) is 1. The SMILES string of the molecule is CCS(=O)(=O)c1ccc(/N=N/c2c(NCC(=O)O)ccc3c(O)c(/N=N/c4cc(OC)c(S(=O)(=O)CC)cc4O)ccc23)c(S(=O)(=O)O)c1. The van der Waals surface area contributed by atoms with E-state index in [2.05, 4.69) is 25.8 Å². The fourth-order valence-corrected chi connectivity index (χ4v) is 7.08. The lowest BCUT2D eigenvalue weighted by atomic mass is 10.1. The molecule has 4 aromatic rings. The number of rotatable bonds is 13. The number of anilines is 1. The van der Waals surface area contributed by atoms with Crippen molar-refractivity contribution in [2.24, 2.45) is 20.5 Å². The highest BCUT2D eigenvalue weighted by atomic mass is 32.2. The maximum Gasteiger partial charge on any atom is 0.322 e. The molecule has 0 aliphatic rings. The Morgan fingerprint density at radius 1 is 0.755 bits per heavy atom. The fourth-order valence-electron chi connectivity index (χ4n) is 4.40. The third-order valence-corrected chi connectivity index (χ3v) is 11.4. The van der Waals surface area contributed by atoms with Crippen LogP contribution in [0.3, 0.4) is 0 Å². The topological polar surface area (TPSA) is 271 Å². The van der Waals surface area contributed by atoms with E-state index in [9.17, 15) is 49.9 Å². The van der Waals surface area contributed by atoms with Gasteiger partial charge in [-0.3, -0.25) is 9.35 Å². The first-order valence-corrected chi connectivity index (χ1v) is 18.7. The van der Waals surface area contributed by atoms with E-state index in [-0.39, 0.29) is 60.6 Å². The van der Waals surface area contributed by atoms with Crippen LogP contribution in [0.25, 0.3) is 10.8 Å². The molecule has 0 spiro atoms. The molecule has 0 aliphatic heterocycles. The summed E-state index contributed by atoms with van der Waals surface area (Å²) in [5.74, 6) is -2.90. The Kier molecular flexibility index (Phi) is 10.6. The number of phenols is 2. The molecule has 0 fully saturated rings. The van der Waals surface area contributed by atoms with Gasteiger partial charge in [0.25, 0.3) is 10.1 Å². The van der Waals surface area contributed by atoms with E-state index in [4.69, 9.17) is 4.74 Å². The van der Waals surface area contributed by atoms with Gasteiger partial charge in [-0.2, -0.15) is 8.42 Å². The van der Waals surface area contributed by atoms with E-state index in [1.54, 1.807) is 0 Å². The second-order valence-electron chi connectivity index (χ2n) is 10.0. The Hall–Kier alpha value is -5.18. The van der Waals surface area contributed by atoms with Crippen molar-refractivity contribution in [3.63, 3.8) is 0 Å². The van der Waals surface area contributed by atoms with Crippen molar-refractivity contribution >= 4 is 75.0 Å². The summed E-state index contributed by atoms with van der Waals surface area (Å²) in [4.78, 5) is 9.80. The number of nitrogens with zero attached hydrogens (tertiary/aromatic N) is 4. The third-order valence-electron chi connectivity index (χ3n) is 7.00. The molecule has 0 radical (unpaired) electrons. The minimum atomic E-state index is -4.99. The minimum Gasteiger partial charge on any atom is -0.506 e. The Labute approximate surface area is 280 Å². The van der Waals surface area contributed by atoms with Crippen LogP contribution in [0.15, 0.2) is 89.7 Å². The van der Waals surface area contributed by atoms with Crippen molar-refractivity contribution in [2.45, 2.75) is 28.5 Å². The number of hydrogen-bond acceptors (Lipinski definition) is 15. The summed E-state index contributed by atoms with van der Waals surface area (Å²) in [6.07, 6.45) is 0. The average molecular weight is 736 g/mol. The maximum absolute atomic E-state index is 12.4. The zero-order valence-electron chi connectivity index (χ0n) is 25.9. The predicted octanol–water partition coefficient (Wildman–Crippen LogP) is 5.42.